The highest BCUT2D eigenvalue weighted by Crippen LogP contribution is 2.22. The van der Waals surface area contributed by atoms with E-state index in [4.69, 9.17) is 0 Å². The third kappa shape index (κ3) is 3.27. The van der Waals surface area contributed by atoms with E-state index in [9.17, 15) is 9.59 Å². The van der Waals surface area contributed by atoms with Crippen LogP contribution in [0.15, 0.2) is 24.3 Å². The van der Waals surface area contributed by atoms with E-state index >= 15 is 0 Å². The minimum Gasteiger partial charge on any atom is -0.274 e. The Hall–Kier alpha value is -1.64. The first-order valence-corrected chi connectivity index (χ1v) is 7.56. The lowest BCUT2D eigenvalue weighted by Gasteiger charge is -2.13. The quantitative estimate of drug-likeness (QED) is 0.558. The summed E-state index contributed by atoms with van der Waals surface area (Å²) in [6, 6.07) is 7.08. The maximum absolute atomic E-state index is 12.1. The molecule has 0 saturated heterocycles. The maximum Gasteiger partial charge on any atom is 0.261 e. The zero-order chi connectivity index (χ0) is 14.5. The van der Waals surface area contributed by atoms with Crippen LogP contribution >= 0.6 is 0 Å². The van der Waals surface area contributed by atoms with Crippen molar-refractivity contribution in [1.29, 1.82) is 0 Å². The van der Waals surface area contributed by atoms with Gasteiger partial charge in [0.15, 0.2) is 0 Å². The molecule has 0 unspecified atom stereocenters. The molecule has 0 N–H and O–H groups in total. The summed E-state index contributed by atoms with van der Waals surface area (Å²) >= 11 is 0. The van der Waals surface area contributed by atoms with Crippen molar-refractivity contribution >= 4 is 11.8 Å². The minimum atomic E-state index is -0.132. The number of unbranched alkanes of at least 4 members (excludes halogenated alkanes) is 3. The summed E-state index contributed by atoms with van der Waals surface area (Å²) in [4.78, 5) is 25.6. The van der Waals surface area contributed by atoms with Gasteiger partial charge in [-0.05, 0) is 24.5 Å². The van der Waals surface area contributed by atoms with Crippen LogP contribution in [0.5, 0.6) is 0 Å². The molecule has 0 aliphatic carbocycles. The minimum absolute atomic E-state index is 0.132. The molecule has 108 valence electrons. The number of hydrogen-bond donors (Lipinski definition) is 0. The van der Waals surface area contributed by atoms with E-state index in [2.05, 4.69) is 13.8 Å². The topological polar surface area (TPSA) is 37.4 Å². The first-order valence-electron chi connectivity index (χ1n) is 7.56. The zero-order valence-corrected chi connectivity index (χ0v) is 12.4. The Bertz CT molecular complexity index is 459. The number of nitrogens with zero attached hydrogens (tertiary/aromatic N) is 1. The van der Waals surface area contributed by atoms with Gasteiger partial charge in [-0.3, -0.25) is 14.5 Å². The molecule has 1 heterocycles. The standard InChI is InChI=1S/C17H23NO2/c1-13(2)9-5-3-4-8-12-18-16(19)14-10-6-7-11-15(14)17(18)20/h6-7,10-11,13H,3-5,8-9,12H2,1-2H3. The van der Waals surface area contributed by atoms with Crippen molar-refractivity contribution < 1.29 is 9.59 Å². The second-order valence-corrected chi connectivity index (χ2v) is 5.90. The van der Waals surface area contributed by atoms with Gasteiger partial charge in [-0.15, -0.1) is 0 Å². The Labute approximate surface area is 121 Å². The first-order chi connectivity index (χ1) is 9.61. The predicted octanol–water partition coefficient (Wildman–Crippen LogP) is 3.89. The van der Waals surface area contributed by atoms with E-state index < -0.39 is 0 Å². The van der Waals surface area contributed by atoms with Crippen LogP contribution in [-0.2, 0) is 0 Å². The third-order valence-corrected chi connectivity index (χ3v) is 3.79. The van der Waals surface area contributed by atoms with E-state index in [1.165, 1.54) is 24.2 Å². The van der Waals surface area contributed by atoms with Crippen LogP contribution < -0.4 is 0 Å². The van der Waals surface area contributed by atoms with E-state index in [0.29, 0.717) is 17.7 Å². The lowest BCUT2D eigenvalue weighted by Crippen LogP contribution is -2.30. The molecule has 3 heteroatoms. The summed E-state index contributed by atoms with van der Waals surface area (Å²) in [5.74, 6) is 0.492. The Morgan fingerprint density at radius 2 is 1.45 bits per heavy atom. The summed E-state index contributed by atoms with van der Waals surface area (Å²) in [5, 5.41) is 0. The average molecular weight is 273 g/mol. The summed E-state index contributed by atoms with van der Waals surface area (Å²) in [6.45, 7) is 5.02. The van der Waals surface area contributed by atoms with Gasteiger partial charge in [0.25, 0.3) is 11.8 Å². The largest absolute Gasteiger partial charge is 0.274 e. The molecule has 0 bridgehead atoms. The van der Waals surface area contributed by atoms with Crippen LogP contribution in [-0.4, -0.2) is 23.3 Å². The van der Waals surface area contributed by atoms with Crippen molar-refractivity contribution in [1.82, 2.24) is 4.90 Å². The first kappa shape index (κ1) is 14.8. The van der Waals surface area contributed by atoms with E-state index in [-0.39, 0.29) is 11.8 Å². The fourth-order valence-corrected chi connectivity index (χ4v) is 2.62. The summed E-state index contributed by atoms with van der Waals surface area (Å²) in [6.07, 6.45) is 5.66. The third-order valence-electron chi connectivity index (χ3n) is 3.79. The van der Waals surface area contributed by atoms with Gasteiger partial charge in [0.2, 0.25) is 0 Å². The number of carbonyl (C=O) groups is 2. The fraction of sp³-hybridized carbons (Fsp3) is 0.529. The number of benzene rings is 1. The highest BCUT2D eigenvalue weighted by Gasteiger charge is 2.34. The number of amides is 2. The van der Waals surface area contributed by atoms with Crippen molar-refractivity contribution in [3.8, 4) is 0 Å². The molecule has 0 spiro atoms. The Morgan fingerprint density at radius 3 is 2.00 bits per heavy atom. The molecule has 3 nitrogen and oxygen atoms in total. The van der Waals surface area contributed by atoms with Gasteiger partial charge in [-0.1, -0.05) is 51.7 Å². The van der Waals surface area contributed by atoms with Crippen molar-refractivity contribution in [3.63, 3.8) is 0 Å². The van der Waals surface area contributed by atoms with Crippen LogP contribution in [0.4, 0.5) is 0 Å². The Kier molecular flexibility index (Phi) is 4.94. The van der Waals surface area contributed by atoms with Gasteiger partial charge < -0.3 is 0 Å². The smallest absolute Gasteiger partial charge is 0.261 e. The number of carbonyl (C=O) groups excluding carboxylic acids is 2. The molecular formula is C17H23NO2. The van der Waals surface area contributed by atoms with E-state index in [1.807, 2.05) is 0 Å². The molecule has 0 fully saturated rings. The average Bonchev–Trinajstić information content (AvgIpc) is 2.67. The van der Waals surface area contributed by atoms with Crippen molar-refractivity contribution in [2.45, 2.75) is 46.0 Å². The van der Waals surface area contributed by atoms with Gasteiger partial charge in [0.1, 0.15) is 0 Å². The SMILES string of the molecule is CC(C)CCCCCCN1C(=O)c2ccccc2C1=O. The summed E-state index contributed by atoms with van der Waals surface area (Å²) in [5.41, 5.74) is 1.11. The van der Waals surface area contributed by atoms with Crippen molar-refractivity contribution in [2.75, 3.05) is 6.54 Å². The van der Waals surface area contributed by atoms with Crippen LogP contribution in [0.3, 0.4) is 0 Å². The molecule has 1 aliphatic heterocycles. The number of fused-ring (bicyclic) bond motifs is 1. The molecule has 2 rings (SSSR count). The van der Waals surface area contributed by atoms with Crippen LogP contribution in [0.1, 0.15) is 66.7 Å². The van der Waals surface area contributed by atoms with Gasteiger partial charge >= 0.3 is 0 Å². The van der Waals surface area contributed by atoms with Crippen LogP contribution in [0, 0.1) is 5.92 Å². The van der Waals surface area contributed by atoms with Crippen molar-refractivity contribution in [3.05, 3.63) is 35.4 Å². The molecule has 0 atom stereocenters. The number of hydrogen-bond acceptors (Lipinski definition) is 2. The second kappa shape index (κ2) is 6.69. The monoisotopic (exact) mass is 273 g/mol. The molecular weight excluding hydrogens is 250 g/mol. The fourth-order valence-electron chi connectivity index (χ4n) is 2.62. The van der Waals surface area contributed by atoms with Gasteiger partial charge in [-0.25, -0.2) is 0 Å². The molecule has 0 aromatic heterocycles. The van der Waals surface area contributed by atoms with Crippen LogP contribution in [0.2, 0.25) is 0 Å². The van der Waals surface area contributed by atoms with Crippen LogP contribution in [0.25, 0.3) is 0 Å². The zero-order valence-electron chi connectivity index (χ0n) is 12.4. The Morgan fingerprint density at radius 1 is 0.900 bits per heavy atom. The molecule has 2 amide bonds. The van der Waals surface area contributed by atoms with Crippen molar-refractivity contribution in [2.24, 2.45) is 5.92 Å². The number of rotatable bonds is 7. The Balaban J connectivity index is 1.78. The lowest BCUT2D eigenvalue weighted by molar-refractivity contribution is 0.0651. The molecule has 1 aliphatic rings. The number of imide groups is 1. The lowest BCUT2D eigenvalue weighted by atomic mass is 10.0. The predicted molar refractivity (Wildman–Crippen MR) is 79.7 cm³/mol. The molecule has 0 saturated carbocycles. The summed E-state index contributed by atoms with van der Waals surface area (Å²) < 4.78 is 0. The summed E-state index contributed by atoms with van der Waals surface area (Å²) in [7, 11) is 0. The molecule has 1 aromatic carbocycles. The maximum atomic E-state index is 12.1. The molecule has 20 heavy (non-hydrogen) atoms. The second-order valence-electron chi connectivity index (χ2n) is 5.90. The van der Waals surface area contributed by atoms with E-state index in [1.54, 1.807) is 24.3 Å². The van der Waals surface area contributed by atoms with Gasteiger partial charge in [0, 0.05) is 6.54 Å². The molecule has 1 aromatic rings. The van der Waals surface area contributed by atoms with Gasteiger partial charge in [-0.2, -0.15) is 0 Å². The highest BCUT2D eigenvalue weighted by molar-refractivity contribution is 6.21. The highest BCUT2D eigenvalue weighted by atomic mass is 16.2. The normalized spacial score (nSPS) is 14.2. The van der Waals surface area contributed by atoms with E-state index in [0.717, 1.165) is 18.8 Å². The van der Waals surface area contributed by atoms with Gasteiger partial charge in [0.05, 0.1) is 11.1 Å². The molecule has 0 radical (unpaired) electrons.